The molecular weight excluding hydrogens is 388 g/mol. The third kappa shape index (κ3) is 5.21. The second kappa shape index (κ2) is 10.2. The molecule has 0 saturated carbocycles. The summed E-state index contributed by atoms with van der Waals surface area (Å²) in [6.45, 7) is 3.34. The lowest BCUT2D eigenvalue weighted by molar-refractivity contribution is -0.133. The van der Waals surface area contributed by atoms with E-state index in [0.29, 0.717) is 12.5 Å². The Bertz CT molecular complexity index is 862. The Morgan fingerprint density at radius 3 is 2.45 bits per heavy atom. The van der Waals surface area contributed by atoms with Crippen LogP contribution in [0, 0.1) is 5.92 Å². The van der Waals surface area contributed by atoms with Gasteiger partial charge >= 0.3 is 0 Å². The molecule has 2 aliphatic heterocycles. The standard InChI is InChI=1S/C26H34N2O3/c1-30-22-10-11-25(31-2)23(18-22)24-9-6-14-28(24)26(29)19-27-15-12-21(13-16-27)17-20-7-4-3-5-8-20/h3-5,7-8,10-11,18,21,24H,6,9,12-17,19H2,1-2H3. The van der Waals surface area contributed by atoms with E-state index in [9.17, 15) is 4.79 Å². The van der Waals surface area contributed by atoms with E-state index in [0.717, 1.165) is 68.8 Å². The van der Waals surface area contributed by atoms with Crippen molar-refractivity contribution in [2.45, 2.75) is 38.1 Å². The van der Waals surface area contributed by atoms with Gasteiger partial charge in [-0.1, -0.05) is 30.3 Å². The molecule has 2 aliphatic rings. The van der Waals surface area contributed by atoms with Crippen LogP contribution in [-0.2, 0) is 11.2 Å². The summed E-state index contributed by atoms with van der Waals surface area (Å²) in [7, 11) is 3.36. The first-order valence-electron chi connectivity index (χ1n) is 11.5. The highest BCUT2D eigenvalue weighted by molar-refractivity contribution is 5.79. The highest BCUT2D eigenvalue weighted by atomic mass is 16.5. The number of hydrogen-bond donors (Lipinski definition) is 0. The molecule has 2 aromatic carbocycles. The van der Waals surface area contributed by atoms with Crippen LogP contribution < -0.4 is 9.47 Å². The smallest absolute Gasteiger partial charge is 0.237 e. The van der Waals surface area contributed by atoms with Crippen molar-refractivity contribution < 1.29 is 14.3 Å². The highest BCUT2D eigenvalue weighted by Crippen LogP contribution is 2.39. The molecule has 1 amide bonds. The van der Waals surface area contributed by atoms with Gasteiger partial charge in [-0.3, -0.25) is 9.69 Å². The van der Waals surface area contributed by atoms with E-state index in [2.05, 4.69) is 35.2 Å². The van der Waals surface area contributed by atoms with Gasteiger partial charge in [0.1, 0.15) is 11.5 Å². The highest BCUT2D eigenvalue weighted by Gasteiger charge is 2.33. The third-order valence-electron chi connectivity index (χ3n) is 6.80. The van der Waals surface area contributed by atoms with Gasteiger partial charge in [0.2, 0.25) is 5.91 Å². The van der Waals surface area contributed by atoms with Crippen molar-refractivity contribution in [2.75, 3.05) is 40.4 Å². The van der Waals surface area contributed by atoms with Crippen LogP contribution in [0.3, 0.4) is 0 Å². The van der Waals surface area contributed by atoms with Gasteiger partial charge in [0.15, 0.2) is 0 Å². The molecule has 5 heteroatoms. The molecule has 1 atom stereocenters. The number of methoxy groups -OCH3 is 2. The summed E-state index contributed by atoms with van der Waals surface area (Å²) in [6, 6.07) is 16.7. The number of amides is 1. The van der Waals surface area contributed by atoms with Crippen molar-refractivity contribution in [1.82, 2.24) is 9.80 Å². The molecule has 4 rings (SSSR count). The minimum atomic E-state index is 0.0631. The van der Waals surface area contributed by atoms with E-state index in [4.69, 9.17) is 9.47 Å². The minimum Gasteiger partial charge on any atom is -0.497 e. The lowest BCUT2D eigenvalue weighted by Crippen LogP contribution is -2.43. The number of carbonyl (C=O) groups excluding carboxylic acids is 1. The minimum absolute atomic E-state index is 0.0631. The zero-order chi connectivity index (χ0) is 21.6. The summed E-state index contributed by atoms with van der Waals surface area (Å²) in [5.74, 6) is 2.58. The van der Waals surface area contributed by atoms with Gasteiger partial charge in [-0.2, -0.15) is 0 Å². The first-order valence-corrected chi connectivity index (χ1v) is 11.5. The van der Waals surface area contributed by atoms with Crippen molar-refractivity contribution in [1.29, 1.82) is 0 Å². The molecule has 2 heterocycles. The number of benzene rings is 2. The van der Waals surface area contributed by atoms with E-state index in [1.54, 1.807) is 14.2 Å². The SMILES string of the molecule is COc1ccc(OC)c(C2CCCN2C(=O)CN2CCC(Cc3ccccc3)CC2)c1. The van der Waals surface area contributed by atoms with E-state index >= 15 is 0 Å². The Labute approximate surface area is 185 Å². The van der Waals surface area contributed by atoms with E-state index in [1.807, 2.05) is 23.1 Å². The van der Waals surface area contributed by atoms with Crippen molar-refractivity contribution in [3.63, 3.8) is 0 Å². The summed E-state index contributed by atoms with van der Waals surface area (Å²) in [5.41, 5.74) is 2.47. The molecule has 0 aromatic heterocycles. The van der Waals surface area contributed by atoms with Crippen LogP contribution in [0.2, 0.25) is 0 Å². The molecular formula is C26H34N2O3. The first-order chi connectivity index (χ1) is 15.2. The topological polar surface area (TPSA) is 42.0 Å². The number of likely N-dealkylation sites (tertiary alicyclic amines) is 2. The monoisotopic (exact) mass is 422 g/mol. The molecule has 0 radical (unpaired) electrons. The van der Waals surface area contributed by atoms with Crippen LogP contribution in [0.5, 0.6) is 11.5 Å². The van der Waals surface area contributed by atoms with Gasteiger partial charge in [-0.15, -0.1) is 0 Å². The molecule has 166 valence electrons. The third-order valence-corrected chi connectivity index (χ3v) is 6.80. The Morgan fingerprint density at radius 1 is 0.968 bits per heavy atom. The molecule has 2 fully saturated rings. The summed E-state index contributed by atoms with van der Waals surface area (Å²) < 4.78 is 11.0. The molecule has 1 unspecified atom stereocenters. The predicted molar refractivity (Wildman–Crippen MR) is 123 cm³/mol. The predicted octanol–water partition coefficient (Wildman–Crippen LogP) is 4.32. The summed E-state index contributed by atoms with van der Waals surface area (Å²) in [5, 5.41) is 0. The lowest BCUT2D eigenvalue weighted by atomic mass is 9.90. The molecule has 31 heavy (non-hydrogen) atoms. The number of nitrogens with zero attached hydrogens (tertiary/aromatic N) is 2. The second-order valence-electron chi connectivity index (χ2n) is 8.76. The molecule has 5 nitrogen and oxygen atoms in total. The largest absolute Gasteiger partial charge is 0.497 e. The Balaban J connectivity index is 1.34. The molecule has 0 bridgehead atoms. The van der Waals surface area contributed by atoms with Gasteiger partial charge in [0, 0.05) is 12.1 Å². The molecule has 2 aromatic rings. The Morgan fingerprint density at radius 2 is 1.74 bits per heavy atom. The molecule has 2 saturated heterocycles. The Kier molecular flexibility index (Phi) is 7.13. The number of ether oxygens (including phenoxy) is 2. The molecule has 0 N–H and O–H groups in total. The van der Waals surface area contributed by atoms with Gasteiger partial charge in [0.05, 0.1) is 26.8 Å². The number of piperidine rings is 1. The van der Waals surface area contributed by atoms with E-state index in [1.165, 1.54) is 5.56 Å². The fraction of sp³-hybridized carbons (Fsp3) is 0.500. The first kappa shape index (κ1) is 21.7. The van der Waals surface area contributed by atoms with Gasteiger partial charge in [-0.05, 0) is 74.9 Å². The summed E-state index contributed by atoms with van der Waals surface area (Å²) in [6.07, 6.45) is 5.46. The van der Waals surface area contributed by atoms with E-state index < -0.39 is 0 Å². The summed E-state index contributed by atoms with van der Waals surface area (Å²) in [4.78, 5) is 17.6. The van der Waals surface area contributed by atoms with Crippen LogP contribution >= 0.6 is 0 Å². The average Bonchev–Trinajstić information content (AvgIpc) is 3.30. The zero-order valence-electron chi connectivity index (χ0n) is 18.8. The maximum Gasteiger partial charge on any atom is 0.237 e. The van der Waals surface area contributed by atoms with Gasteiger partial charge < -0.3 is 14.4 Å². The van der Waals surface area contributed by atoms with Crippen molar-refractivity contribution in [3.8, 4) is 11.5 Å². The maximum atomic E-state index is 13.2. The Hall–Kier alpha value is -2.53. The quantitative estimate of drug-likeness (QED) is 0.666. The fourth-order valence-electron chi connectivity index (χ4n) is 5.07. The van der Waals surface area contributed by atoms with E-state index in [-0.39, 0.29) is 11.9 Å². The van der Waals surface area contributed by atoms with Crippen LogP contribution in [0.25, 0.3) is 0 Å². The molecule has 0 spiro atoms. The molecule has 0 aliphatic carbocycles. The van der Waals surface area contributed by atoms with Crippen LogP contribution in [0.4, 0.5) is 0 Å². The normalized spacial score (nSPS) is 20.1. The van der Waals surface area contributed by atoms with Crippen molar-refractivity contribution in [3.05, 3.63) is 59.7 Å². The van der Waals surface area contributed by atoms with Crippen LogP contribution in [0.15, 0.2) is 48.5 Å². The lowest BCUT2D eigenvalue weighted by Gasteiger charge is -2.34. The van der Waals surface area contributed by atoms with Crippen LogP contribution in [-0.4, -0.2) is 56.1 Å². The van der Waals surface area contributed by atoms with Crippen molar-refractivity contribution >= 4 is 5.91 Å². The van der Waals surface area contributed by atoms with Gasteiger partial charge in [0.25, 0.3) is 0 Å². The fourth-order valence-corrected chi connectivity index (χ4v) is 5.07. The maximum absolute atomic E-state index is 13.2. The number of carbonyl (C=O) groups is 1. The zero-order valence-corrected chi connectivity index (χ0v) is 18.8. The van der Waals surface area contributed by atoms with Gasteiger partial charge in [-0.25, -0.2) is 0 Å². The second-order valence-corrected chi connectivity index (χ2v) is 8.76. The number of rotatable bonds is 7. The number of hydrogen-bond acceptors (Lipinski definition) is 4. The average molecular weight is 423 g/mol. The summed E-state index contributed by atoms with van der Waals surface area (Å²) >= 11 is 0. The van der Waals surface area contributed by atoms with Crippen molar-refractivity contribution in [2.24, 2.45) is 5.92 Å². The van der Waals surface area contributed by atoms with Crippen LogP contribution in [0.1, 0.15) is 42.9 Å².